The van der Waals surface area contributed by atoms with Crippen LogP contribution in [0.25, 0.3) is 0 Å². The molecular formula is C14H18N2OS2. The van der Waals surface area contributed by atoms with Crippen molar-refractivity contribution in [3.8, 4) is 0 Å². The monoisotopic (exact) mass is 294 g/mol. The molecule has 3 N–H and O–H groups in total. The van der Waals surface area contributed by atoms with Crippen molar-refractivity contribution in [3.05, 3.63) is 35.4 Å². The van der Waals surface area contributed by atoms with E-state index in [2.05, 4.69) is 5.32 Å². The molecule has 0 radical (unpaired) electrons. The van der Waals surface area contributed by atoms with Gasteiger partial charge in [-0.05, 0) is 42.4 Å². The average Bonchev–Trinajstić information content (AvgIpc) is 2.46. The van der Waals surface area contributed by atoms with Crippen LogP contribution in [0, 0.1) is 5.92 Å². The maximum atomic E-state index is 12.1. The largest absolute Gasteiger partial charge is 0.389 e. The third-order valence-electron chi connectivity index (χ3n) is 3.30. The van der Waals surface area contributed by atoms with Crippen LogP contribution in [0.2, 0.25) is 0 Å². The number of hydrogen-bond acceptors (Lipinski definition) is 3. The number of thioether (sulfide) groups is 1. The molecule has 1 saturated heterocycles. The predicted octanol–water partition coefficient (Wildman–Crippen LogP) is 2.19. The fourth-order valence-corrected chi connectivity index (χ4v) is 3.43. The van der Waals surface area contributed by atoms with E-state index in [1.807, 2.05) is 17.8 Å². The molecule has 19 heavy (non-hydrogen) atoms. The van der Waals surface area contributed by atoms with Crippen LogP contribution in [0.5, 0.6) is 0 Å². The van der Waals surface area contributed by atoms with Crippen molar-refractivity contribution in [2.24, 2.45) is 11.7 Å². The van der Waals surface area contributed by atoms with E-state index in [-0.39, 0.29) is 5.91 Å². The quantitative estimate of drug-likeness (QED) is 0.836. The highest BCUT2D eigenvalue weighted by atomic mass is 32.2. The molecule has 1 amide bonds. The summed E-state index contributed by atoms with van der Waals surface area (Å²) in [5, 5.41) is 3.00. The number of nitrogens with one attached hydrogen (secondary N) is 1. The van der Waals surface area contributed by atoms with E-state index in [1.165, 1.54) is 24.3 Å². The Morgan fingerprint density at radius 1 is 1.37 bits per heavy atom. The second-order valence-electron chi connectivity index (χ2n) is 4.71. The zero-order valence-electron chi connectivity index (χ0n) is 10.7. The second kappa shape index (κ2) is 6.91. The minimum atomic E-state index is -0.0451. The van der Waals surface area contributed by atoms with Gasteiger partial charge >= 0.3 is 0 Å². The van der Waals surface area contributed by atoms with Gasteiger partial charge in [0.15, 0.2) is 0 Å². The van der Waals surface area contributed by atoms with Gasteiger partial charge in [-0.1, -0.05) is 24.4 Å². The van der Waals surface area contributed by atoms with Gasteiger partial charge < -0.3 is 11.1 Å². The molecule has 0 atom stereocenters. The highest BCUT2D eigenvalue weighted by molar-refractivity contribution is 7.99. The molecule has 102 valence electrons. The minimum absolute atomic E-state index is 0.0451. The molecule has 0 aromatic heterocycles. The fourth-order valence-electron chi connectivity index (χ4n) is 2.10. The summed E-state index contributed by atoms with van der Waals surface area (Å²) >= 11 is 6.91. The van der Waals surface area contributed by atoms with E-state index < -0.39 is 0 Å². The number of benzene rings is 1. The number of carbonyl (C=O) groups is 1. The lowest BCUT2D eigenvalue weighted by molar-refractivity contribution is 0.0946. The van der Waals surface area contributed by atoms with Gasteiger partial charge in [0.2, 0.25) is 0 Å². The third-order valence-corrected chi connectivity index (χ3v) is 4.59. The summed E-state index contributed by atoms with van der Waals surface area (Å²) in [5.41, 5.74) is 6.92. The van der Waals surface area contributed by atoms with Crippen molar-refractivity contribution in [1.82, 2.24) is 5.32 Å². The Kier molecular flexibility index (Phi) is 5.22. The number of rotatable bonds is 4. The molecule has 1 aromatic rings. The van der Waals surface area contributed by atoms with Crippen molar-refractivity contribution >= 4 is 34.9 Å². The highest BCUT2D eigenvalue weighted by Gasteiger charge is 2.15. The van der Waals surface area contributed by atoms with Crippen LogP contribution in [0.3, 0.4) is 0 Å². The molecule has 5 heteroatoms. The smallest absolute Gasteiger partial charge is 0.251 e. The summed E-state index contributed by atoms with van der Waals surface area (Å²) in [4.78, 5) is 12.4. The van der Waals surface area contributed by atoms with E-state index in [9.17, 15) is 4.79 Å². The van der Waals surface area contributed by atoms with Gasteiger partial charge in [0.25, 0.3) is 5.91 Å². The molecule has 2 rings (SSSR count). The van der Waals surface area contributed by atoms with Gasteiger partial charge in [-0.2, -0.15) is 11.8 Å². The standard InChI is InChI=1S/C14H18N2OS2/c15-13(18)11-2-1-3-12(8-11)14(17)16-9-10-4-6-19-7-5-10/h1-3,8,10H,4-7,9H2,(H2,15,18)(H,16,17). The van der Waals surface area contributed by atoms with E-state index in [4.69, 9.17) is 18.0 Å². The van der Waals surface area contributed by atoms with Gasteiger partial charge in [-0.15, -0.1) is 0 Å². The van der Waals surface area contributed by atoms with Crippen molar-refractivity contribution in [3.63, 3.8) is 0 Å². The van der Waals surface area contributed by atoms with E-state index in [1.54, 1.807) is 18.2 Å². The van der Waals surface area contributed by atoms with E-state index in [0.717, 1.165) is 12.1 Å². The first-order valence-electron chi connectivity index (χ1n) is 6.42. The van der Waals surface area contributed by atoms with Crippen LogP contribution in [-0.2, 0) is 0 Å². The number of amides is 1. The second-order valence-corrected chi connectivity index (χ2v) is 6.38. The van der Waals surface area contributed by atoms with Crippen molar-refractivity contribution in [2.75, 3.05) is 18.1 Å². The first-order valence-corrected chi connectivity index (χ1v) is 7.99. The summed E-state index contributed by atoms with van der Waals surface area (Å²) in [6.07, 6.45) is 2.38. The minimum Gasteiger partial charge on any atom is -0.389 e. The number of carbonyl (C=O) groups excluding carboxylic acids is 1. The summed E-state index contributed by atoms with van der Waals surface area (Å²) < 4.78 is 0. The number of thiocarbonyl (C=S) groups is 1. The molecule has 1 heterocycles. The summed E-state index contributed by atoms with van der Waals surface area (Å²) in [6.45, 7) is 0.761. The normalized spacial score (nSPS) is 16.0. The average molecular weight is 294 g/mol. The topological polar surface area (TPSA) is 55.1 Å². The van der Waals surface area contributed by atoms with Gasteiger partial charge in [-0.3, -0.25) is 4.79 Å². The first kappa shape index (κ1) is 14.3. The molecule has 1 aliphatic heterocycles. The maximum absolute atomic E-state index is 12.1. The van der Waals surface area contributed by atoms with Crippen LogP contribution in [0.4, 0.5) is 0 Å². The SMILES string of the molecule is NC(=S)c1cccc(C(=O)NCC2CCSCC2)c1. The molecule has 1 aliphatic rings. The third kappa shape index (κ3) is 4.21. The molecule has 1 fully saturated rings. The lowest BCUT2D eigenvalue weighted by atomic mass is 10.0. The molecular weight excluding hydrogens is 276 g/mol. The highest BCUT2D eigenvalue weighted by Crippen LogP contribution is 2.21. The van der Waals surface area contributed by atoms with Crippen LogP contribution in [0.1, 0.15) is 28.8 Å². The van der Waals surface area contributed by atoms with Crippen molar-refractivity contribution in [2.45, 2.75) is 12.8 Å². The fraction of sp³-hybridized carbons (Fsp3) is 0.429. The zero-order valence-corrected chi connectivity index (χ0v) is 12.4. The first-order chi connectivity index (χ1) is 9.16. The van der Waals surface area contributed by atoms with Crippen LogP contribution < -0.4 is 11.1 Å². The Morgan fingerprint density at radius 3 is 2.74 bits per heavy atom. The van der Waals surface area contributed by atoms with Crippen LogP contribution >= 0.6 is 24.0 Å². The molecule has 0 saturated carbocycles. The van der Waals surface area contributed by atoms with Crippen molar-refractivity contribution in [1.29, 1.82) is 0 Å². The maximum Gasteiger partial charge on any atom is 0.251 e. The Hall–Kier alpha value is -1.07. The lowest BCUT2D eigenvalue weighted by Gasteiger charge is -2.21. The van der Waals surface area contributed by atoms with Gasteiger partial charge in [0.05, 0.1) is 0 Å². The molecule has 3 nitrogen and oxygen atoms in total. The summed E-state index contributed by atoms with van der Waals surface area (Å²) in [5.74, 6) is 2.98. The molecule has 0 unspecified atom stereocenters. The molecule has 0 aliphatic carbocycles. The number of hydrogen-bond donors (Lipinski definition) is 2. The van der Waals surface area contributed by atoms with Crippen LogP contribution in [-0.4, -0.2) is 28.9 Å². The van der Waals surface area contributed by atoms with E-state index >= 15 is 0 Å². The summed E-state index contributed by atoms with van der Waals surface area (Å²) in [7, 11) is 0. The molecule has 0 bridgehead atoms. The predicted molar refractivity (Wildman–Crippen MR) is 84.7 cm³/mol. The Labute approximate surface area is 123 Å². The lowest BCUT2D eigenvalue weighted by Crippen LogP contribution is -2.31. The van der Waals surface area contributed by atoms with Gasteiger partial charge in [-0.25, -0.2) is 0 Å². The Morgan fingerprint density at radius 2 is 2.05 bits per heavy atom. The van der Waals surface area contributed by atoms with Crippen molar-refractivity contribution < 1.29 is 4.79 Å². The zero-order chi connectivity index (χ0) is 13.7. The Bertz CT molecular complexity index is 470. The summed E-state index contributed by atoms with van der Waals surface area (Å²) in [6, 6.07) is 7.15. The molecule has 0 spiro atoms. The molecule has 1 aromatic carbocycles. The van der Waals surface area contributed by atoms with Crippen LogP contribution in [0.15, 0.2) is 24.3 Å². The van der Waals surface area contributed by atoms with Gasteiger partial charge in [0, 0.05) is 17.7 Å². The number of nitrogens with two attached hydrogens (primary N) is 1. The van der Waals surface area contributed by atoms with Gasteiger partial charge in [0.1, 0.15) is 4.99 Å². The van der Waals surface area contributed by atoms with E-state index in [0.29, 0.717) is 16.5 Å². The Balaban J connectivity index is 1.92.